The zero-order valence-corrected chi connectivity index (χ0v) is 18.3. The minimum absolute atomic E-state index is 0.0437. The second-order valence-electron chi connectivity index (χ2n) is 6.71. The number of hydrogen-bond donors (Lipinski definition) is 1. The zero-order valence-electron chi connectivity index (χ0n) is 17.5. The second kappa shape index (κ2) is 9.67. The fourth-order valence-electron chi connectivity index (χ4n) is 3.13. The summed E-state index contributed by atoms with van der Waals surface area (Å²) < 4.78 is 10.7. The number of rotatable bonds is 7. The average molecular weight is 428 g/mol. The lowest BCUT2D eigenvalue weighted by molar-refractivity contribution is -0.128. The number of thioether (sulfide) groups is 1. The highest BCUT2D eigenvalue weighted by atomic mass is 32.2. The standard InChI is InChI=1S/C22H25N3O4S/c1-5-25-21(27)19(30-22(25)24-15-8-6-7-9-17(15)28-3)13-20(26)23-16-12-14(2)10-11-18(16)29-4/h6-12,19H,5,13H2,1-4H3,(H,23,26). The van der Waals surface area contributed by atoms with Crippen LogP contribution in [0.2, 0.25) is 0 Å². The van der Waals surface area contributed by atoms with Gasteiger partial charge in [-0.15, -0.1) is 0 Å². The quantitative estimate of drug-likeness (QED) is 0.723. The molecule has 0 spiro atoms. The minimum atomic E-state index is -0.533. The number of amides is 2. The number of benzene rings is 2. The van der Waals surface area contributed by atoms with Crippen LogP contribution in [0.15, 0.2) is 47.5 Å². The topological polar surface area (TPSA) is 80.2 Å². The Morgan fingerprint density at radius 2 is 1.90 bits per heavy atom. The molecule has 30 heavy (non-hydrogen) atoms. The molecule has 1 atom stereocenters. The minimum Gasteiger partial charge on any atom is -0.495 e. The summed E-state index contributed by atoms with van der Waals surface area (Å²) in [6.45, 7) is 4.30. The Morgan fingerprint density at radius 3 is 2.60 bits per heavy atom. The fourth-order valence-corrected chi connectivity index (χ4v) is 4.35. The van der Waals surface area contributed by atoms with E-state index in [1.165, 1.54) is 11.8 Å². The molecule has 2 aromatic carbocycles. The van der Waals surface area contributed by atoms with E-state index in [-0.39, 0.29) is 18.2 Å². The maximum absolute atomic E-state index is 12.8. The maximum Gasteiger partial charge on any atom is 0.242 e. The summed E-state index contributed by atoms with van der Waals surface area (Å²) in [7, 11) is 3.13. The van der Waals surface area contributed by atoms with Crippen molar-refractivity contribution in [3.63, 3.8) is 0 Å². The van der Waals surface area contributed by atoms with E-state index in [4.69, 9.17) is 9.47 Å². The van der Waals surface area contributed by atoms with Gasteiger partial charge in [0.1, 0.15) is 22.4 Å². The van der Waals surface area contributed by atoms with Crippen molar-refractivity contribution in [2.24, 2.45) is 4.99 Å². The molecule has 1 fully saturated rings. The van der Waals surface area contributed by atoms with Crippen molar-refractivity contribution in [3.8, 4) is 11.5 Å². The van der Waals surface area contributed by atoms with Gasteiger partial charge in [-0.25, -0.2) is 4.99 Å². The average Bonchev–Trinajstić information content (AvgIpc) is 3.02. The second-order valence-corrected chi connectivity index (χ2v) is 7.88. The molecule has 1 aliphatic heterocycles. The molecule has 1 aliphatic rings. The van der Waals surface area contributed by atoms with Gasteiger partial charge in [-0.3, -0.25) is 14.5 Å². The van der Waals surface area contributed by atoms with Gasteiger partial charge in [0.15, 0.2) is 5.17 Å². The van der Waals surface area contributed by atoms with Crippen LogP contribution in [0.1, 0.15) is 18.9 Å². The number of hydrogen-bond acceptors (Lipinski definition) is 6. The van der Waals surface area contributed by atoms with Crippen molar-refractivity contribution in [2.45, 2.75) is 25.5 Å². The number of para-hydroxylation sites is 2. The van der Waals surface area contributed by atoms with Crippen LogP contribution in [0.5, 0.6) is 11.5 Å². The lowest BCUT2D eigenvalue weighted by atomic mass is 10.2. The number of anilines is 1. The van der Waals surface area contributed by atoms with E-state index in [0.717, 1.165) is 5.56 Å². The highest BCUT2D eigenvalue weighted by Crippen LogP contribution is 2.35. The van der Waals surface area contributed by atoms with Gasteiger partial charge < -0.3 is 14.8 Å². The molecule has 1 saturated heterocycles. The van der Waals surface area contributed by atoms with Crippen LogP contribution in [-0.4, -0.2) is 47.9 Å². The third-order valence-electron chi connectivity index (χ3n) is 4.64. The van der Waals surface area contributed by atoms with E-state index >= 15 is 0 Å². The van der Waals surface area contributed by atoms with E-state index in [1.807, 2.05) is 50.2 Å². The predicted octanol–water partition coefficient (Wildman–Crippen LogP) is 3.99. The van der Waals surface area contributed by atoms with Gasteiger partial charge in [0, 0.05) is 13.0 Å². The number of nitrogens with zero attached hydrogens (tertiary/aromatic N) is 2. The first-order valence-electron chi connectivity index (χ1n) is 9.61. The van der Waals surface area contributed by atoms with Crippen molar-refractivity contribution in [1.29, 1.82) is 0 Å². The number of methoxy groups -OCH3 is 2. The Balaban J connectivity index is 1.76. The molecule has 1 N–H and O–H groups in total. The predicted molar refractivity (Wildman–Crippen MR) is 120 cm³/mol. The molecule has 8 heteroatoms. The SMILES string of the molecule is CCN1C(=O)C(CC(=O)Nc2cc(C)ccc2OC)SC1=Nc1ccccc1OC. The number of aryl methyl sites for hydroxylation is 1. The van der Waals surface area contributed by atoms with E-state index in [0.29, 0.717) is 34.6 Å². The Morgan fingerprint density at radius 1 is 1.17 bits per heavy atom. The van der Waals surface area contributed by atoms with Crippen LogP contribution >= 0.6 is 11.8 Å². The number of carbonyl (C=O) groups excluding carboxylic acids is 2. The van der Waals surface area contributed by atoms with E-state index < -0.39 is 5.25 Å². The Kier molecular flexibility index (Phi) is 6.99. The summed E-state index contributed by atoms with van der Waals surface area (Å²) in [5.41, 5.74) is 2.23. The summed E-state index contributed by atoms with van der Waals surface area (Å²) in [4.78, 5) is 31.7. The summed E-state index contributed by atoms with van der Waals surface area (Å²) in [5, 5.41) is 2.89. The summed E-state index contributed by atoms with van der Waals surface area (Å²) in [5.74, 6) is 0.830. The summed E-state index contributed by atoms with van der Waals surface area (Å²) >= 11 is 1.30. The Labute approximate surface area is 180 Å². The zero-order chi connectivity index (χ0) is 21.7. The highest BCUT2D eigenvalue weighted by Gasteiger charge is 2.38. The number of carbonyl (C=O) groups is 2. The Bertz CT molecular complexity index is 977. The van der Waals surface area contributed by atoms with E-state index in [1.54, 1.807) is 25.2 Å². The van der Waals surface area contributed by atoms with Crippen molar-refractivity contribution in [2.75, 3.05) is 26.1 Å². The largest absolute Gasteiger partial charge is 0.495 e. The van der Waals surface area contributed by atoms with Gasteiger partial charge in [-0.2, -0.15) is 0 Å². The molecule has 2 amide bonds. The first-order valence-corrected chi connectivity index (χ1v) is 10.5. The van der Waals surface area contributed by atoms with Gasteiger partial charge in [-0.05, 0) is 43.7 Å². The lowest BCUT2D eigenvalue weighted by Crippen LogP contribution is -2.33. The lowest BCUT2D eigenvalue weighted by Gasteiger charge is -2.14. The third kappa shape index (κ3) is 4.76. The number of nitrogens with one attached hydrogen (secondary N) is 1. The monoisotopic (exact) mass is 427 g/mol. The van der Waals surface area contributed by atoms with Crippen LogP contribution in [0.25, 0.3) is 0 Å². The molecule has 158 valence electrons. The van der Waals surface area contributed by atoms with Crippen LogP contribution in [-0.2, 0) is 9.59 Å². The fraction of sp³-hybridized carbons (Fsp3) is 0.318. The number of ether oxygens (including phenoxy) is 2. The van der Waals surface area contributed by atoms with Crippen molar-refractivity contribution >= 4 is 40.1 Å². The smallest absolute Gasteiger partial charge is 0.242 e. The van der Waals surface area contributed by atoms with Gasteiger partial charge in [0.2, 0.25) is 11.8 Å². The molecule has 1 heterocycles. The van der Waals surface area contributed by atoms with Gasteiger partial charge in [0.25, 0.3) is 0 Å². The van der Waals surface area contributed by atoms with Crippen molar-refractivity contribution in [3.05, 3.63) is 48.0 Å². The number of aliphatic imine (C=N–C) groups is 1. The molecule has 3 rings (SSSR count). The van der Waals surface area contributed by atoms with Gasteiger partial charge in [-0.1, -0.05) is 30.0 Å². The molecule has 7 nitrogen and oxygen atoms in total. The third-order valence-corrected chi connectivity index (χ3v) is 5.81. The van der Waals surface area contributed by atoms with Crippen LogP contribution in [0, 0.1) is 6.92 Å². The van der Waals surface area contributed by atoms with E-state index in [2.05, 4.69) is 10.3 Å². The van der Waals surface area contributed by atoms with Gasteiger partial charge >= 0.3 is 0 Å². The normalized spacial score (nSPS) is 17.3. The molecule has 0 saturated carbocycles. The summed E-state index contributed by atoms with van der Waals surface area (Å²) in [6.07, 6.45) is 0.0437. The highest BCUT2D eigenvalue weighted by molar-refractivity contribution is 8.15. The molecule has 0 bridgehead atoms. The maximum atomic E-state index is 12.8. The van der Waals surface area contributed by atoms with E-state index in [9.17, 15) is 9.59 Å². The molecule has 1 unspecified atom stereocenters. The van der Waals surface area contributed by atoms with Crippen LogP contribution in [0.4, 0.5) is 11.4 Å². The molecular formula is C22H25N3O4S. The van der Waals surface area contributed by atoms with Gasteiger partial charge in [0.05, 0.1) is 19.9 Å². The molecule has 0 aliphatic carbocycles. The first kappa shape index (κ1) is 21.7. The molecule has 2 aromatic rings. The van der Waals surface area contributed by atoms with Crippen molar-refractivity contribution < 1.29 is 19.1 Å². The molecule has 0 aromatic heterocycles. The van der Waals surface area contributed by atoms with Crippen molar-refractivity contribution in [1.82, 2.24) is 4.90 Å². The molecular weight excluding hydrogens is 402 g/mol. The first-order chi connectivity index (χ1) is 14.5. The van der Waals surface area contributed by atoms with Crippen LogP contribution in [0.3, 0.4) is 0 Å². The van der Waals surface area contributed by atoms with Crippen LogP contribution < -0.4 is 14.8 Å². The number of amidine groups is 1. The molecule has 0 radical (unpaired) electrons. The Hall–Kier alpha value is -3.00. The summed E-state index contributed by atoms with van der Waals surface area (Å²) in [6, 6.07) is 12.9.